The molecule has 1 aromatic rings. The molecule has 1 N–H and O–H groups in total. The van der Waals surface area contributed by atoms with Crippen LogP contribution < -0.4 is 5.32 Å². The lowest BCUT2D eigenvalue weighted by molar-refractivity contribution is 0.258. The molecule has 0 bridgehead atoms. The van der Waals surface area contributed by atoms with Crippen LogP contribution in [0.3, 0.4) is 0 Å². The molecule has 108 valence electrons. The minimum atomic E-state index is 0.740. The Bertz CT molecular complexity index is 377. The molecular weight excluding hydrogens is 254 g/mol. The molecule has 1 heterocycles. The second-order valence-corrected chi connectivity index (χ2v) is 6.98. The molecule has 3 nitrogen and oxygen atoms in total. The third kappa shape index (κ3) is 4.86. The number of aromatic nitrogens is 1. The van der Waals surface area contributed by atoms with Crippen molar-refractivity contribution in [3.63, 3.8) is 0 Å². The Morgan fingerprint density at radius 2 is 2.21 bits per heavy atom. The topological polar surface area (TPSA) is 28.2 Å². The third-order valence-electron chi connectivity index (χ3n) is 4.11. The molecule has 0 saturated heterocycles. The fourth-order valence-electron chi connectivity index (χ4n) is 2.90. The number of nitrogens with zero attached hydrogens (tertiary/aromatic N) is 2. The summed E-state index contributed by atoms with van der Waals surface area (Å²) in [5.74, 6) is 0.847. The van der Waals surface area contributed by atoms with Gasteiger partial charge in [0, 0.05) is 31.1 Å². The molecule has 1 aliphatic rings. The lowest BCUT2D eigenvalue weighted by Gasteiger charge is -2.30. The van der Waals surface area contributed by atoms with Crippen molar-refractivity contribution in [2.24, 2.45) is 5.92 Å². The van der Waals surface area contributed by atoms with Crippen LogP contribution in [0, 0.1) is 12.8 Å². The summed E-state index contributed by atoms with van der Waals surface area (Å²) < 4.78 is 0. The highest BCUT2D eigenvalue weighted by Crippen LogP contribution is 2.23. The van der Waals surface area contributed by atoms with Crippen LogP contribution in [-0.4, -0.2) is 36.1 Å². The van der Waals surface area contributed by atoms with Crippen molar-refractivity contribution in [3.05, 3.63) is 16.1 Å². The number of hydrogen-bond acceptors (Lipinski definition) is 4. The van der Waals surface area contributed by atoms with E-state index in [9.17, 15) is 0 Å². The van der Waals surface area contributed by atoms with Gasteiger partial charge in [-0.2, -0.15) is 0 Å². The van der Waals surface area contributed by atoms with Crippen molar-refractivity contribution in [3.8, 4) is 0 Å². The number of rotatable bonds is 6. The standard InChI is InChI=1S/C15H27N3S/c1-12-6-4-5-7-15(12)16-8-9-18(3)10-14-11-19-13(2)17-14/h11-12,15-16H,4-10H2,1-3H3. The summed E-state index contributed by atoms with van der Waals surface area (Å²) in [6.45, 7) is 7.61. The highest BCUT2D eigenvalue weighted by Gasteiger charge is 2.20. The summed E-state index contributed by atoms with van der Waals surface area (Å²) in [6.07, 6.45) is 5.57. The van der Waals surface area contributed by atoms with E-state index in [0.29, 0.717) is 0 Å². The summed E-state index contributed by atoms with van der Waals surface area (Å²) >= 11 is 1.74. The molecule has 4 heteroatoms. The number of hydrogen-bond donors (Lipinski definition) is 1. The number of nitrogens with one attached hydrogen (secondary N) is 1. The lowest BCUT2D eigenvalue weighted by atomic mass is 9.86. The summed E-state index contributed by atoms with van der Waals surface area (Å²) in [5.41, 5.74) is 1.20. The van der Waals surface area contributed by atoms with Crippen LogP contribution in [0.4, 0.5) is 0 Å². The Labute approximate surface area is 121 Å². The first kappa shape index (κ1) is 14.9. The van der Waals surface area contributed by atoms with E-state index < -0.39 is 0 Å². The van der Waals surface area contributed by atoms with E-state index >= 15 is 0 Å². The van der Waals surface area contributed by atoms with Crippen LogP contribution in [0.2, 0.25) is 0 Å². The average molecular weight is 281 g/mol. The van der Waals surface area contributed by atoms with E-state index in [4.69, 9.17) is 0 Å². The molecule has 0 spiro atoms. The Morgan fingerprint density at radius 1 is 1.42 bits per heavy atom. The van der Waals surface area contributed by atoms with Crippen LogP contribution in [0.15, 0.2) is 5.38 Å². The Morgan fingerprint density at radius 3 is 2.89 bits per heavy atom. The quantitative estimate of drug-likeness (QED) is 0.868. The van der Waals surface area contributed by atoms with Gasteiger partial charge in [0.05, 0.1) is 10.7 Å². The van der Waals surface area contributed by atoms with E-state index in [1.54, 1.807) is 11.3 Å². The minimum Gasteiger partial charge on any atom is -0.312 e. The number of aryl methyl sites for hydroxylation is 1. The van der Waals surface area contributed by atoms with Gasteiger partial charge in [0.1, 0.15) is 0 Å². The first-order valence-corrected chi connectivity index (χ1v) is 8.36. The predicted molar refractivity (Wildman–Crippen MR) is 82.6 cm³/mol. The summed E-state index contributed by atoms with van der Waals surface area (Å²) in [4.78, 5) is 6.87. The largest absolute Gasteiger partial charge is 0.312 e. The highest BCUT2D eigenvalue weighted by atomic mass is 32.1. The maximum atomic E-state index is 4.52. The molecule has 1 aliphatic carbocycles. The Hall–Kier alpha value is -0.450. The predicted octanol–water partition coefficient (Wildman–Crippen LogP) is 3.05. The molecule has 0 aliphatic heterocycles. The smallest absolute Gasteiger partial charge is 0.0897 e. The normalized spacial score (nSPS) is 24.0. The van der Waals surface area contributed by atoms with Crippen LogP contribution >= 0.6 is 11.3 Å². The Kier molecular flexibility index (Phi) is 5.79. The zero-order chi connectivity index (χ0) is 13.7. The minimum absolute atomic E-state index is 0.740. The summed E-state index contributed by atoms with van der Waals surface area (Å²) in [5, 5.41) is 7.07. The van der Waals surface area contributed by atoms with Crippen molar-refractivity contribution in [2.75, 3.05) is 20.1 Å². The van der Waals surface area contributed by atoms with Crippen molar-refractivity contribution in [1.82, 2.24) is 15.2 Å². The molecule has 1 saturated carbocycles. The molecule has 19 heavy (non-hydrogen) atoms. The van der Waals surface area contributed by atoms with Crippen LogP contribution in [0.1, 0.15) is 43.3 Å². The average Bonchev–Trinajstić information content (AvgIpc) is 2.77. The van der Waals surface area contributed by atoms with Gasteiger partial charge in [0.2, 0.25) is 0 Å². The second-order valence-electron chi connectivity index (χ2n) is 5.92. The molecule has 2 rings (SSSR count). The molecule has 0 aromatic carbocycles. The van der Waals surface area contributed by atoms with Gasteiger partial charge < -0.3 is 5.32 Å². The maximum Gasteiger partial charge on any atom is 0.0897 e. The molecule has 0 radical (unpaired) electrons. The van der Waals surface area contributed by atoms with Gasteiger partial charge in [0.25, 0.3) is 0 Å². The fourth-order valence-corrected chi connectivity index (χ4v) is 3.50. The Balaban J connectivity index is 1.64. The van der Waals surface area contributed by atoms with E-state index in [2.05, 4.69) is 41.5 Å². The van der Waals surface area contributed by atoms with Gasteiger partial charge in [0.15, 0.2) is 0 Å². The van der Waals surface area contributed by atoms with E-state index in [1.807, 2.05) is 0 Å². The van der Waals surface area contributed by atoms with Gasteiger partial charge in [-0.3, -0.25) is 4.90 Å². The van der Waals surface area contributed by atoms with Gasteiger partial charge in [-0.15, -0.1) is 11.3 Å². The first-order valence-electron chi connectivity index (χ1n) is 7.48. The summed E-state index contributed by atoms with van der Waals surface area (Å²) in [7, 11) is 2.18. The van der Waals surface area contributed by atoms with Crippen LogP contribution in [-0.2, 0) is 6.54 Å². The first-order chi connectivity index (χ1) is 9.15. The highest BCUT2D eigenvalue weighted by molar-refractivity contribution is 7.09. The second kappa shape index (κ2) is 7.36. The molecular formula is C15H27N3S. The zero-order valence-corrected chi connectivity index (χ0v) is 13.3. The van der Waals surface area contributed by atoms with Crippen molar-refractivity contribution >= 4 is 11.3 Å². The van der Waals surface area contributed by atoms with Gasteiger partial charge in [-0.05, 0) is 32.7 Å². The lowest BCUT2D eigenvalue weighted by Crippen LogP contribution is -2.40. The van der Waals surface area contributed by atoms with Gasteiger partial charge in [-0.25, -0.2) is 4.98 Å². The van der Waals surface area contributed by atoms with E-state index in [0.717, 1.165) is 36.6 Å². The SMILES string of the molecule is Cc1nc(CN(C)CCNC2CCCCC2C)cs1. The van der Waals surface area contributed by atoms with E-state index in [-0.39, 0.29) is 0 Å². The molecule has 2 unspecified atom stereocenters. The molecule has 0 amide bonds. The fraction of sp³-hybridized carbons (Fsp3) is 0.800. The van der Waals surface area contributed by atoms with Gasteiger partial charge in [-0.1, -0.05) is 19.8 Å². The van der Waals surface area contributed by atoms with Crippen molar-refractivity contribution in [2.45, 2.75) is 52.1 Å². The van der Waals surface area contributed by atoms with Crippen molar-refractivity contribution in [1.29, 1.82) is 0 Å². The number of thiazole rings is 1. The zero-order valence-electron chi connectivity index (χ0n) is 12.5. The molecule has 2 atom stereocenters. The summed E-state index contributed by atoms with van der Waals surface area (Å²) in [6, 6.07) is 0.740. The van der Waals surface area contributed by atoms with Crippen LogP contribution in [0.5, 0.6) is 0 Å². The van der Waals surface area contributed by atoms with E-state index in [1.165, 1.54) is 31.4 Å². The van der Waals surface area contributed by atoms with Gasteiger partial charge >= 0.3 is 0 Å². The monoisotopic (exact) mass is 281 g/mol. The number of likely N-dealkylation sites (N-methyl/N-ethyl adjacent to an activating group) is 1. The molecule has 1 fully saturated rings. The third-order valence-corrected chi connectivity index (χ3v) is 4.93. The maximum absolute atomic E-state index is 4.52. The van der Waals surface area contributed by atoms with Crippen molar-refractivity contribution < 1.29 is 0 Å². The van der Waals surface area contributed by atoms with Crippen LogP contribution in [0.25, 0.3) is 0 Å². The molecule has 1 aromatic heterocycles.